The van der Waals surface area contributed by atoms with Gasteiger partial charge in [0.2, 0.25) is 0 Å². The molecule has 2 aromatic rings. The standard InChI is InChI=1S/C17H20O2S/c1-17(2,3)16(18)15-9-14(11-20-15)13-7-5-12(6-8-13)10-19-4/h5-9,11H,10H2,1-4H3. The van der Waals surface area contributed by atoms with Crippen LogP contribution in [-0.4, -0.2) is 12.9 Å². The molecule has 106 valence electrons. The number of rotatable bonds is 4. The molecule has 0 aliphatic rings. The van der Waals surface area contributed by atoms with Crippen LogP contribution in [0.5, 0.6) is 0 Å². The third kappa shape index (κ3) is 3.35. The van der Waals surface area contributed by atoms with Crippen molar-refractivity contribution in [2.24, 2.45) is 5.41 Å². The number of ketones is 1. The van der Waals surface area contributed by atoms with Gasteiger partial charge in [-0.2, -0.15) is 0 Å². The Hall–Kier alpha value is -1.45. The van der Waals surface area contributed by atoms with Gasteiger partial charge >= 0.3 is 0 Å². The number of benzene rings is 1. The second kappa shape index (κ2) is 5.90. The number of Topliss-reactive ketones (excluding diaryl/α,β-unsaturated/α-hetero) is 1. The second-order valence-corrected chi connectivity index (χ2v) is 6.82. The predicted molar refractivity (Wildman–Crippen MR) is 84.3 cm³/mol. The lowest BCUT2D eigenvalue weighted by Gasteiger charge is -2.14. The third-order valence-corrected chi connectivity index (χ3v) is 4.03. The molecule has 3 heteroatoms. The van der Waals surface area contributed by atoms with Crippen LogP contribution in [0.25, 0.3) is 11.1 Å². The van der Waals surface area contributed by atoms with E-state index in [0.717, 1.165) is 21.6 Å². The van der Waals surface area contributed by atoms with E-state index in [9.17, 15) is 4.79 Å². The molecule has 20 heavy (non-hydrogen) atoms. The number of hydrogen-bond acceptors (Lipinski definition) is 3. The van der Waals surface area contributed by atoms with Gasteiger partial charge in [-0.25, -0.2) is 0 Å². The summed E-state index contributed by atoms with van der Waals surface area (Å²) in [5.41, 5.74) is 3.06. The molecule has 0 aliphatic carbocycles. The van der Waals surface area contributed by atoms with Crippen molar-refractivity contribution in [2.75, 3.05) is 7.11 Å². The van der Waals surface area contributed by atoms with E-state index < -0.39 is 0 Å². The lowest BCUT2D eigenvalue weighted by Crippen LogP contribution is -2.18. The van der Waals surface area contributed by atoms with Crippen LogP contribution >= 0.6 is 11.3 Å². The van der Waals surface area contributed by atoms with Crippen molar-refractivity contribution < 1.29 is 9.53 Å². The van der Waals surface area contributed by atoms with Crippen molar-refractivity contribution >= 4 is 17.1 Å². The highest BCUT2D eigenvalue weighted by atomic mass is 32.1. The van der Waals surface area contributed by atoms with E-state index in [1.807, 2.05) is 32.2 Å². The first kappa shape index (κ1) is 14.9. The number of thiophene rings is 1. The lowest BCUT2D eigenvalue weighted by atomic mass is 9.89. The van der Waals surface area contributed by atoms with Gasteiger partial charge in [0.05, 0.1) is 11.5 Å². The van der Waals surface area contributed by atoms with E-state index in [1.54, 1.807) is 7.11 Å². The Kier molecular flexibility index (Phi) is 4.41. The lowest BCUT2D eigenvalue weighted by molar-refractivity contribution is 0.0863. The van der Waals surface area contributed by atoms with Crippen molar-refractivity contribution in [3.8, 4) is 11.1 Å². The summed E-state index contributed by atoms with van der Waals surface area (Å²) in [5, 5.41) is 2.05. The van der Waals surface area contributed by atoms with Crippen LogP contribution in [-0.2, 0) is 11.3 Å². The fraction of sp³-hybridized carbons (Fsp3) is 0.353. The number of hydrogen-bond donors (Lipinski definition) is 0. The fourth-order valence-electron chi connectivity index (χ4n) is 1.94. The molecule has 0 atom stereocenters. The van der Waals surface area contributed by atoms with Gasteiger partial charge in [0.1, 0.15) is 0 Å². The minimum atomic E-state index is -0.329. The Balaban J connectivity index is 2.22. The van der Waals surface area contributed by atoms with Crippen molar-refractivity contribution in [1.29, 1.82) is 0 Å². The second-order valence-electron chi connectivity index (χ2n) is 5.91. The largest absolute Gasteiger partial charge is 0.380 e. The monoisotopic (exact) mass is 288 g/mol. The molecule has 1 aromatic carbocycles. The normalized spacial score (nSPS) is 11.6. The fourth-order valence-corrected chi connectivity index (χ4v) is 3.00. The topological polar surface area (TPSA) is 26.3 Å². The first-order chi connectivity index (χ1) is 9.41. The van der Waals surface area contributed by atoms with E-state index in [0.29, 0.717) is 6.61 Å². The van der Waals surface area contributed by atoms with E-state index in [-0.39, 0.29) is 11.2 Å². The SMILES string of the molecule is COCc1ccc(-c2csc(C(=O)C(C)(C)C)c2)cc1. The van der Waals surface area contributed by atoms with Crippen LogP contribution in [0, 0.1) is 5.41 Å². The molecule has 0 aliphatic heterocycles. The summed E-state index contributed by atoms with van der Waals surface area (Å²) in [6.07, 6.45) is 0. The van der Waals surface area contributed by atoms with Gasteiger partial charge in [-0.05, 0) is 28.1 Å². The summed E-state index contributed by atoms with van der Waals surface area (Å²) in [6.45, 7) is 6.48. The zero-order valence-corrected chi connectivity index (χ0v) is 13.2. The van der Waals surface area contributed by atoms with Crippen LogP contribution in [0.1, 0.15) is 36.0 Å². The average molecular weight is 288 g/mol. The Morgan fingerprint density at radius 1 is 1.15 bits per heavy atom. The quantitative estimate of drug-likeness (QED) is 0.756. The Morgan fingerprint density at radius 3 is 2.35 bits per heavy atom. The maximum atomic E-state index is 12.2. The Morgan fingerprint density at radius 2 is 1.80 bits per heavy atom. The number of carbonyl (C=O) groups is 1. The molecule has 0 spiro atoms. The minimum absolute atomic E-state index is 0.199. The highest BCUT2D eigenvalue weighted by molar-refractivity contribution is 7.12. The average Bonchev–Trinajstić information content (AvgIpc) is 2.87. The summed E-state index contributed by atoms with van der Waals surface area (Å²) in [6, 6.07) is 10.2. The highest BCUT2D eigenvalue weighted by Crippen LogP contribution is 2.30. The molecule has 1 heterocycles. The molecule has 0 saturated heterocycles. The van der Waals surface area contributed by atoms with Crippen LogP contribution in [0.3, 0.4) is 0 Å². The van der Waals surface area contributed by atoms with Crippen LogP contribution < -0.4 is 0 Å². The molecule has 0 saturated carbocycles. The molecule has 0 bridgehead atoms. The maximum Gasteiger partial charge on any atom is 0.178 e. The number of carbonyl (C=O) groups excluding carboxylic acids is 1. The van der Waals surface area contributed by atoms with Crippen molar-refractivity contribution in [1.82, 2.24) is 0 Å². The first-order valence-corrected chi connectivity index (χ1v) is 7.51. The zero-order chi connectivity index (χ0) is 14.8. The van der Waals surface area contributed by atoms with Crippen molar-refractivity contribution in [3.63, 3.8) is 0 Å². The Labute approximate surface area is 124 Å². The van der Waals surface area contributed by atoms with Crippen molar-refractivity contribution in [3.05, 3.63) is 46.2 Å². The van der Waals surface area contributed by atoms with Gasteiger partial charge in [-0.3, -0.25) is 4.79 Å². The Bertz CT molecular complexity index is 588. The molecule has 0 amide bonds. The van der Waals surface area contributed by atoms with Crippen LogP contribution in [0.2, 0.25) is 0 Å². The predicted octanol–water partition coefficient (Wildman–Crippen LogP) is 4.79. The van der Waals surface area contributed by atoms with Gasteiger partial charge in [-0.15, -0.1) is 11.3 Å². The maximum absolute atomic E-state index is 12.2. The molecule has 2 rings (SSSR count). The first-order valence-electron chi connectivity index (χ1n) is 6.63. The van der Waals surface area contributed by atoms with Crippen LogP contribution in [0.15, 0.2) is 35.7 Å². The molecule has 0 radical (unpaired) electrons. The summed E-state index contributed by atoms with van der Waals surface area (Å²) >= 11 is 1.52. The minimum Gasteiger partial charge on any atom is -0.380 e. The molecular weight excluding hydrogens is 268 g/mol. The molecule has 0 fully saturated rings. The van der Waals surface area contributed by atoms with Gasteiger partial charge < -0.3 is 4.74 Å². The van der Waals surface area contributed by atoms with Crippen molar-refractivity contribution in [2.45, 2.75) is 27.4 Å². The van der Waals surface area contributed by atoms with E-state index in [2.05, 4.69) is 24.3 Å². The number of ether oxygens (including phenoxy) is 1. The summed E-state index contributed by atoms with van der Waals surface area (Å²) in [5.74, 6) is 0.199. The van der Waals surface area contributed by atoms with Gasteiger partial charge in [0.25, 0.3) is 0 Å². The van der Waals surface area contributed by atoms with E-state index in [1.165, 1.54) is 11.3 Å². The molecule has 2 nitrogen and oxygen atoms in total. The van der Waals surface area contributed by atoms with Gasteiger partial charge in [0, 0.05) is 12.5 Å². The molecular formula is C17H20O2S. The molecule has 0 N–H and O–H groups in total. The summed E-state index contributed by atoms with van der Waals surface area (Å²) < 4.78 is 5.10. The summed E-state index contributed by atoms with van der Waals surface area (Å²) in [7, 11) is 1.69. The van der Waals surface area contributed by atoms with Crippen LogP contribution in [0.4, 0.5) is 0 Å². The van der Waals surface area contributed by atoms with Gasteiger partial charge in [-0.1, -0.05) is 45.0 Å². The number of methoxy groups -OCH3 is 1. The highest BCUT2D eigenvalue weighted by Gasteiger charge is 2.24. The summed E-state index contributed by atoms with van der Waals surface area (Å²) in [4.78, 5) is 13.1. The smallest absolute Gasteiger partial charge is 0.178 e. The third-order valence-electron chi connectivity index (χ3n) is 3.10. The zero-order valence-electron chi connectivity index (χ0n) is 12.4. The van der Waals surface area contributed by atoms with Gasteiger partial charge in [0.15, 0.2) is 5.78 Å². The molecule has 1 aromatic heterocycles. The van der Waals surface area contributed by atoms with E-state index in [4.69, 9.17) is 4.74 Å². The van der Waals surface area contributed by atoms with E-state index >= 15 is 0 Å². The molecule has 0 unspecified atom stereocenters.